The van der Waals surface area contributed by atoms with Crippen LogP contribution in [0.4, 0.5) is 0 Å². The zero-order valence-electron chi connectivity index (χ0n) is 15.2. The minimum atomic E-state index is 0.467. The highest BCUT2D eigenvalue weighted by molar-refractivity contribution is 7.80. The molecule has 0 aromatic heterocycles. The maximum Gasteiger partial charge on any atom is 0.187 e. The maximum absolute atomic E-state index is 6.00. The predicted molar refractivity (Wildman–Crippen MR) is 116 cm³/mol. The molecule has 2 N–H and O–H groups in total. The second kappa shape index (κ2) is 10.3. The third kappa shape index (κ3) is 6.85. The van der Waals surface area contributed by atoms with Crippen LogP contribution in [-0.2, 0) is 6.61 Å². The molecule has 142 valence electrons. The summed E-state index contributed by atoms with van der Waals surface area (Å²) in [6, 6.07) is 15.9. The SMILES string of the molecule is S=C(N/N=C/c1cccc(OCc2cccc(Cl)c2)c1)NC1CCCCC1. The van der Waals surface area contributed by atoms with Crippen molar-refractivity contribution in [2.75, 3.05) is 0 Å². The van der Waals surface area contributed by atoms with E-state index in [0.717, 1.165) is 16.9 Å². The number of hydrogen-bond donors (Lipinski definition) is 2. The van der Waals surface area contributed by atoms with Gasteiger partial charge in [0, 0.05) is 11.1 Å². The molecule has 0 saturated heterocycles. The Balaban J connectivity index is 1.47. The van der Waals surface area contributed by atoms with Crippen LogP contribution in [0.25, 0.3) is 0 Å². The van der Waals surface area contributed by atoms with E-state index in [0.29, 0.717) is 22.8 Å². The summed E-state index contributed by atoms with van der Waals surface area (Å²) >= 11 is 11.3. The van der Waals surface area contributed by atoms with Crippen LogP contribution >= 0.6 is 23.8 Å². The van der Waals surface area contributed by atoms with Gasteiger partial charge in [-0.15, -0.1) is 0 Å². The van der Waals surface area contributed by atoms with Gasteiger partial charge >= 0.3 is 0 Å². The summed E-state index contributed by atoms with van der Waals surface area (Å²) in [6.45, 7) is 0.467. The van der Waals surface area contributed by atoms with Crippen molar-refractivity contribution in [2.24, 2.45) is 5.10 Å². The van der Waals surface area contributed by atoms with E-state index < -0.39 is 0 Å². The lowest BCUT2D eigenvalue weighted by atomic mass is 9.96. The molecule has 0 spiro atoms. The van der Waals surface area contributed by atoms with Crippen LogP contribution in [0.15, 0.2) is 53.6 Å². The number of thiocarbonyl (C=S) groups is 1. The molecule has 0 atom stereocenters. The number of hydrazone groups is 1. The van der Waals surface area contributed by atoms with Crippen molar-refractivity contribution in [1.29, 1.82) is 0 Å². The lowest BCUT2D eigenvalue weighted by molar-refractivity contribution is 0.306. The van der Waals surface area contributed by atoms with Gasteiger partial charge in [0.1, 0.15) is 12.4 Å². The van der Waals surface area contributed by atoms with Crippen molar-refractivity contribution in [3.8, 4) is 5.75 Å². The molecule has 27 heavy (non-hydrogen) atoms. The minimum Gasteiger partial charge on any atom is -0.489 e. The summed E-state index contributed by atoms with van der Waals surface area (Å²) in [5.74, 6) is 0.779. The summed E-state index contributed by atoms with van der Waals surface area (Å²) in [4.78, 5) is 0. The highest BCUT2D eigenvalue weighted by Crippen LogP contribution is 2.17. The van der Waals surface area contributed by atoms with Crippen LogP contribution in [0.5, 0.6) is 5.75 Å². The topological polar surface area (TPSA) is 45.7 Å². The van der Waals surface area contributed by atoms with E-state index in [9.17, 15) is 0 Å². The van der Waals surface area contributed by atoms with E-state index in [1.165, 1.54) is 32.1 Å². The average Bonchev–Trinajstić information content (AvgIpc) is 2.68. The number of benzene rings is 2. The fraction of sp³-hybridized carbons (Fsp3) is 0.333. The van der Waals surface area contributed by atoms with E-state index in [1.807, 2.05) is 48.5 Å². The Labute approximate surface area is 171 Å². The number of nitrogens with one attached hydrogen (secondary N) is 2. The molecule has 0 amide bonds. The highest BCUT2D eigenvalue weighted by Gasteiger charge is 2.13. The lowest BCUT2D eigenvalue weighted by Gasteiger charge is -2.23. The molecule has 0 heterocycles. The van der Waals surface area contributed by atoms with Crippen molar-refractivity contribution in [2.45, 2.75) is 44.8 Å². The summed E-state index contributed by atoms with van der Waals surface area (Å²) in [5, 5.41) is 8.84. The number of rotatable bonds is 6. The van der Waals surface area contributed by atoms with E-state index in [4.69, 9.17) is 28.6 Å². The molecule has 0 unspecified atom stereocenters. The molecule has 1 saturated carbocycles. The molecule has 1 aliphatic rings. The van der Waals surface area contributed by atoms with E-state index >= 15 is 0 Å². The van der Waals surface area contributed by atoms with Crippen molar-refractivity contribution in [3.05, 3.63) is 64.7 Å². The van der Waals surface area contributed by atoms with Gasteiger partial charge in [0.25, 0.3) is 0 Å². The monoisotopic (exact) mass is 401 g/mol. The molecule has 6 heteroatoms. The zero-order valence-corrected chi connectivity index (χ0v) is 16.7. The van der Waals surface area contributed by atoms with Gasteiger partial charge in [-0.1, -0.05) is 55.1 Å². The zero-order chi connectivity index (χ0) is 18.9. The predicted octanol–water partition coefficient (Wildman–Crippen LogP) is 5.05. The second-order valence-electron chi connectivity index (χ2n) is 6.67. The molecule has 3 rings (SSSR count). The molecule has 0 bridgehead atoms. The van der Waals surface area contributed by atoms with Crippen LogP contribution in [0.3, 0.4) is 0 Å². The average molecular weight is 402 g/mol. The summed E-state index contributed by atoms with van der Waals surface area (Å²) in [6.07, 6.45) is 7.96. The first-order chi connectivity index (χ1) is 13.2. The van der Waals surface area contributed by atoms with Gasteiger partial charge in [-0.25, -0.2) is 0 Å². The maximum atomic E-state index is 6.00. The second-order valence-corrected chi connectivity index (χ2v) is 7.51. The van der Waals surface area contributed by atoms with Gasteiger partial charge in [-0.05, 0) is 60.5 Å². The van der Waals surface area contributed by atoms with Gasteiger partial charge in [-0.3, -0.25) is 5.43 Å². The fourth-order valence-corrected chi connectivity index (χ4v) is 3.54. The number of nitrogens with zero attached hydrogens (tertiary/aromatic N) is 1. The minimum absolute atomic E-state index is 0.467. The molecule has 2 aromatic rings. The summed E-state index contributed by atoms with van der Waals surface area (Å²) in [5.41, 5.74) is 4.86. The highest BCUT2D eigenvalue weighted by atomic mass is 35.5. The summed E-state index contributed by atoms with van der Waals surface area (Å²) in [7, 11) is 0. The van der Waals surface area contributed by atoms with E-state index in [-0.39, 0.29) is 0 Å². The van der Waals surface area contributed by atoms with Crippen LogP contribution in [0.2, 0.25) is 5.02 Å². The largest absolute Gasteiger partial charge is 0.489 e. The van der Waals surface area contributed by atoms with E-state index in [1.54, 1.807) is 6.21 Å². The third-order valence-electron chi connectivity index (χ3n) is 4.47. The molecule has 4 nitrogen and oxygen atoms in total. The van der Waals surface area contributed by atoms with Crippen molar-refractivity contribution in [1.82, 2.24) is 10.7 Å². The Morgan fingerprint density at radius 2 is 1.96 bits per heavy atom. The Hall–Kier alpha value is -2.11. The molecule has 1 fully saturated rings. The first kappa shape index (κ1) is 19.6. The molecule has 1 aliphatic carbocycles. The fourth-order valence-electron chi connectivity index (χ4n) is 3.11. The van der Waals surface area contributed by atoms with Gasteiger partial charge < -0.3 is 10.1 Å². The lowest BCUT2D eigenvalue weighted by Crippen LogP contribution is -2.40. The number of ether oxygens (including phenoxy) is 1. The van der Waals surface area contributed by atoms with E-state index in [2.05, 4.69) is 15.8 Å². The van der Waals surface area contributed by atoms with Crippen molar-refractivity contribution >= 4 is 35.1 Å². The van der Waals surface area contributed by atoms with Crippen LogP contribution in [0, 0.1) is 0 Å². The summed E-state index contributed by atoms with van der Waals surface area (Å²) < 4.78 is 5.84. The van der Waals surface area contributed by atoms with Crippen LogP contribution < -0.4 is 15.5 Å². The molecular formula is C21H24ClN3OS. The smallest absolute Gasteiger partial charge is 0.187 e. The Kier molecular flexibility index (Phi) is 7.48. The first-order valence-corrected chi connectivity index (χ1v) is 10.0. The van der Waals surface area contributed by atoms with Gasteiger partial charge in [0.15, 0.2) is 5.11 Å². The molecule has 2 aromatic carbocycles. The third-order valence-corrected chi connectivity index (χ3v) is 4.92. The normalized spacial score (nSPS) is 14.9. The first-order valence-electron chi connectivity index (χ1n) is 9.26. The number of hydrogen-bond acceptors (Lipinski definition) is 3. The van der Waals surface area contributed by atoms with Crippen molar-refractivity contribution in [3.63, 3.8) is 0 Å². The molecular weight excluding hydrogens is 378 g/mol. The Morgan fingerprint density at radius 3 is 2.78 bits per heavy atom. The number of halogens is 1. The van der Waals surface area contributed by atoms with Crippen LogP contribution in [-0.4, -0.2) is 17.4 Å². The molecule has 0 aliphatic heterocycles. The van der Waals surface area contributed by atoms with Gasteiger partial charge in [0.05, 0.1) is 6.21 Å². The van der Waals surface area contributed by atoms with Crippen LogP contribution in [0.1, 0.15) is 43.2 Å². The van der Waals surface area contributed by atoms with Gasteiger partial charge in [-0.2, -0.15) is 5.10 Å². The molecule has 0 radical (unpaired) electrons. The van der Waals surface area contributed by atoms with Gasteiger partial charge in [0.2, 0.25) is 0 Å². The quantitative estimate of drug-likeness (QED) is 0.404. The standard InChI is InChI=1S/C21H24ClN3OS/c22-18-8-4-7-17(12-18)15-26-20-11-5-6-16(13-20)14-23-25-21(27)24-19-9-2-1-3-10-19/h4-8,11-14,19H,1-3,9-10,15H2,(H2,24,25,27)/b23-14+. The Bertz CT molecular complexity index is 791. The van der Waals surface area contributed by atoms with Crippen molar-refractivity contribution < 1.29 is 4.74 Å². The Morgan fingerprint density at radius 1 is 1.15 bits per heavy atom.